The van der Waals surface area contributed by atoms with Gasteiger partial charge in [0.15, 0.2) is 0 Å². The number of nitrogens with one attached hydrogen (secondary N) is 1. The van der Waals surface area contributed by atoms with E-state index in [1.165, 1.54) is 5.56 Å². The molecule has 1 heterocycles. The van der Waals surface area contributed by atoms with Gasteiger partial charge in [-0.2, -0.15) is 0 Å². The second-order valence-corrected chi connectivity index (χ2v) is 4.92. The van der Waals surface area contributed by atoms with Gasteiger partial charge in [-0.1, -0.05) is 30.7 Å². The predicted molar refractivity (Wildman–Crippen MR) is 78.1 cm³/mol. The van der Waals surface area contributed by atoms with Crippen molar-refractivity contribution in [2.24, 2.45) is 0 Å². The topological polar surface area (TPSA) is 37.8 Å². The highest BCUT2D eigenvalue weighted by Crippen LogP contribution is 2.19. The van der Waals surface area contributed by atoms with Crippen molar-refractivity contribution in [1.82, 2.24) is 15.3 Å². The van der Waals surface area contributed by atoms with Crippen molar-refractivity contribution in [1.29, 1.82) is 0 Å². The van der Waals surface area contributed by atoms with E-state index >= 15 is 0 Å². The molecule has 0 spiro atoms. The molecule has 0 aliphatic heterocycles. The number of hydrogen-bond donors (Lipinski definition) is 1. The van der Waals surface area contributed by atoms with Gasteiger partial charge in [-0.05, 0) is 37.1 Å². The lowest BCUT2D eigenvalue weighted by atomic mass is 10.0. The van der Waals surface area contributed by atoms with Crippen LogP contribution in [0, 0.1) is 6.92 Å². The monoisotopic (exact) mass is 275 g/mol. The fraction of sp³-hybridized carbons (Fsp3) is 0.333. The molecule has 1 unspecified atom stereocenters. The van der Waals surface area contributed by atoms with Crippen LogP contribution in [0.4, 0.5) is 0 Å². The summed E-state index contributed by atoms with van der Waals surface area (Å²) >= 11 is 5.91. The van der Waals surface area contributed by atoms with Gasteiger partial charge in [0.1, 0.15) is 5.82 Å². The fourth-order valence-corrected chi connectivity index (χ4v) is 2.15. The number of aryl methyl sites for hydroxylation is 1. The molecule has 0 radical (unpaired) electrons. The molecule has 0 fully saturated rings. The van der Waals surface area contributed by atoms with Gasteiger partial charge < -0.3 is 5.32 Å². The lowest BCUT2D eigenvalue weighted by molar-refractivity contribution is 0.513. The van der Waals surface area contributed by atoms with Gasteiger partial charge in [-0.3, -0.25) is 0 Å². The van der Waals surface area contributed by atoms with E-state index < -0.39 is 0 Å². The summed E-state index contributed by atoms with van der Waals surface area (Å²) in [6.45, 7) is 4.81. The Bertz CT molecular complexity index is 525. The van der Waals surface area contributed by atoms with Crippen LogP contribution in [0.3, 0.4) is 0 Å². The number of halogens is 1. The summed E-state index contributed by atoms with van der Waals surface area (Å²) in [5.74, 6) is 0.804. The zero-order valence-electron chi connectivity index (χ0n) is 11.2. The molecule has 2 aromatic rings. The Labute approximate surface area is 119 Å². The van der Waals surface area contributed by atoms with Crippen molar-refractivity contribution in [3.63, 3.8) is 0 Å². The summed E-state index contributed by atoms with van der Waals surface area (Å²) in [5.41, 5.74) is 2.26. The number of benzene rings is 1. The van der Waals surface area contributed by atoms with Crippen LogP contribution in [0.25, 0.3) is 0 Å². The van der Waals surface area contributed by atoms with E-state index in [0.717, 1.165) is 29.5 Å². The van der Waals surface area contributed by atoms with Crippen LogP contribution in [0.1, 0.15) is 36.5 Å². The van der Waals surface area contributed by atoms with Crippen LogP contribution in [0.2, 0.25) is 5.02 Å². The first-order valence-electron chi connectivity index (χ1n) is 6.46. The van der Waals surface area contributed by atoms with Gasteiger partial charge in [0.05, 0.1) is 5.69 Å². The number of rotatable bonds is 5. The minimum atomic E-state index is 0.313. The van der Waals surface area contributed by atoms with Crippen molar-refractivity contribution in [3.8, 4) is 0 Å². The number of hydrogen-bond acceptors (Lipinski definition) is 3. The van der Waals surface area contributed by atoms with E-state index in [9.17, 15) is 0 Å². The van der Waals surface area contributed by atoms with Crippen LogP contribution in [-0.2, 0) is 6.54 Å². The van der Waals surface area contributed by atoms with Gasteiger partial charge >= 0.3 is 0 Å². The van der Waals surface area contributed by atoms with Gasteiger partial charge in [-0.15, -0.1) is 0 Å². The minimum absolute atomic E-state index is 0.313. The molecule has 1 aromatic carbocycles. The van der Waals surface area contributed by atoms with E-state index in [1.807, 2.05) is 25.1 Å². The maximum absolute atomic E-state index is 5.91. The van der Waals surface area contributed by atoms with Crippen LogP contribution in [0.5, 0.6) is 0 Å². The van der Waals surface area contributed by atoms with E-state index in [4.69, 9.17) is 11.6 Å². The molecule has 0 aliphatic rings. The highest BCUT2D eigenvalue weighted by molar-refractivity contribution is 6.30. The zero-order chi connectivity index (χ0) is 13.7. The molecule has 2 rings (SSSR count). The maximum atomic E-state index is 5.91. The van der Waals surface area contributed by atoms with Crippen molar-refractivity contribution in [2.75, 3.05) is 0 Å². The molecule has 100 valence electrons. The number of aromatic nitrogens is 2. The molecule has 0 bridgehead atoms. The molecule has 1 aromatic heterocycles. The molecule has 1 atom stereocenters. The van der Waals surface area contributed by atoms with Crippen LogP contribution < -0.4 is 5.32 Å². The lowest BCUT2D eigenvalue weighted by Crippen LogP contribution is -2.21. The Kier molecular flexibility index (Phi) is 4.88. The first kappa shape index (κ1) is 14.0. The van der Waals surface area contributed by atoms with E-state index in [2.05, 4.69) is 34.3 Å². The summed E-state index contributed by atoms with van der Waals surface area (Å²) in [7, 11) is 0. The van der Waals surface area contributed by atoms with Crippen LogP contribution in [0.15, 0.2) is 36.5 Å². The van der Waals surface area contributed by atoms with E-state index in [1.54, 1.807) is 6.20 Å². The van der Waals surface area contributed by atoms with Gasteiger partial charge in [0.2, 0.25) is 0 Å². The smallest absolute Gasteiger partial charge is 0.125 e. The molecule has 0 aliphatic carbocycles. The van der Waals surface area contributed by atoms with Crippen molar-refractivity contribution < 1.29 is 0 Å². The first-order chi connectivity index (χ1) is 9.19. The molecule has 0 saturated heterocycles. The first-order valence-corrected chi connectivity index (χ1v) is 6.84. The fourth-order valence-electron chi connectivity index (χ4n) is 2.02. The molecule has 0 saturated carbocycles. The summed E-state index contributed by atoms with van der Waals surface area (Å²) in [5, 5.41) is 4.28. The van der Waals surface area contributed by atoms with E-state index in [0.29, 0.717) is 6.04 Å². The third-order valence-corrected chi connectivity index (χ3v) is 3.30. The van der Waals surface area contributed by atoms with Gasteiger partial charge in [-0.25, -0.2) is 9.97 Å². The van der Waals surface area contributed by atoms with Crippen molar-refractivity contribution in [3.05, 3.63) is 58.6 Å². The maximum Gasteiger partial charge on any atom is 0.125 e. The average molecular weight is 276 g/mol. The Morgan fingerprint density at radius 3 is 2.58 bits per heavy atom. The van der Waals surface area contributed by atoms with Crippen molar-refractivity contribution in [2.45, 2.75) is 32.9 Å². The number of nitrogens with zero attached hydrogens (tertiary/aromatic N) is 2. The largest absolute Gasteiger partial charge is 0.304 e. The highest BCUT2D eigenvalue weighted by atomic mass is 35.5. The normalized spacial score (nSPS) is 12.4. The van der Waals surface area contributed by atoms with Gasteiger partial charge in [0.25, 0.3) is 0 Å². The Morgan fingerprint density at radius 1 is 1.21 bits per heavy atom. The quantitative estimate of drug-likeness (QED) is 0.905. The second kappa shape index (κ2) is 6.64. The zero-order valence-corrected chi connectivity index (χ0v) is 12.0. The summed E-state index contributed by atoms with van der Waals surface area (Å²) in [6, 6.07) is 10.2. The third-order valence-electron chi connectivity index (χ3n) is 3.04. The molecule has 19 heavy (non-hydrogen) atoms. The van der Waals surface area contributed by atoms with E-state index in [-0.39, 0.29) is 0 Å². The predicted octanol–water partition coefficient (Wildman–Crippen LogP) is 3.68. The highest BCUT2D eigenvalue weighted by Gasteiger charge is 2.08. The van der Waals surface area contributed by atoms with Gasteiger partial charge in [0, 0.05) is 23.8 Å². The SMILES string of the molecule is CCC(NCc1ccnc(C)n1)c1ccc(Cl)cc1. The molecular formula is C15H18ClN3. The standard InChI is InChI=1S/C15H18ClN3/c1-3-15(12-4-6-13(16)7-5-12)18-10-14-8-9-17-11(2)19-14/h4-9,15,18H,3,10H2,1-2H3. The Morgan fingerprint density at radius 2 is 1.95 bits per heavy atom. The van der Waals surface area contributed by atoms with Crippen molar-refractivity contribution >= 4 is 11.6 Å². The molecule has 1 N–H and O–H groups in total. The molecule has 3 nitrogen and oxygen atoms in total. The molecule has 4 heteroatoms. The summed E-state index contributed by atoms with van der Waals surface area (Å²) < 4.78 is 0. The Balaban J connectivity index is 2.01. The average Bonchev–Trinajstić information content (AvgIpc) is 2.41. The third kappa shape index (κ3) is 4.01. The molecule has 0 amide bonds. The Hall–Kier alpha value is -1.45. The minimum Gasteiger partial charge on any atom is -0.304 e. The summed E-state index contributed by atoms with van der Waals surface area (Å²) in [4.78, 5) is 8.49. The second-order valence-electron chi connectivity index (χ2n) is 4.49. The van der Waals surface area contributed by atoms with Crippen LogP contribution in [-0.4, -0.2) is 9.97 Å². The molecular weight excluding hydrogens is 258 g/mol. The summed E-state index contributed by atoms with van der Waals surface area (Å²) in [6.07, 6.45) is 2.81. The van der Waals surface area contributed by atoms with Crippen LogP contribution >= 0.6 is 11.6 Å². The lowest BCUT2D eigenvalue weighted by Gasteiger charge is -2.17.